The number of aliphatic hydroxyl groups is 1. The lowest BCUT2D eigenvalue weighted by Gasteiger charge is -2.25. The van der Waals surface area contributed by atoms with Gasteiger partial charge < -0.3 is 14.5 Å². The number of rotatable bonds is 6. The van der Waals surface area contributed by atoms with Crippen molar-refractivity contribution in [1.82, 2.24) is 20.0 Å². The second-order valence-electron chi connectivity index (χ2n) is 8.03. The topological polar surface area (TPSA) is 92.3 Å². The molecule has 0 aromatic carbocycles. The molecule has 158 valence electrons. The van der Waals surface area contributed by atoms with Crippen LogP contribution in [0.25, 0.3) is 16.3 Å². The first-order valence-electron chi connectivity index (χ1n) is 10.2. The van der Waals surface area contributed by atoms with E-state index >= 15 is 0 Å². The Morgan fingerprint density at radius 3 is 2.93 bits per heavy atom. The molecule has 0 spiro atoms. The summed E-state index contributed by atoms with van der Waals surface area (Å²) < 4.78 is 5.53. The minimum atomic E-state index is -0.0459. The monoisotopic (exact) mass is 426 g/mol. The number of aromatic nitrogens is 3. The zero-order chi connectivity index (χ0) is 21.4. The first kappa shape index (κ1) is 20.7. The van der Waals surface area contributed by atoms with Gasteiger partial charge >= 0.3 is 0 Å². The Bertz CT molecular complexity index is 1030. The SMILES string of the molecule is C=CC=C1/C(=C(\C)c2noc(-c3cnc(C(C)C)s3)n2)CC2CC(=O)N(CCO)C12. The number of aliphatic hydroxyl groups excluding tert-OH is 1. The molecule has 2 aliphatic rings. The molecule has 2 aromatic rings. The number of fused-ring (bicyclic) bond motifs is 1. The van der Waals surface area contributed by atoms with E-state index in [0.29, 0.717) is 30.6 Å². The van der Waals surface area contributed by atoms with Crippen molar-refractivity contribution in [2.45, 2.75) is 45.6 Å². The van der Waals surface area contributed by atoms with E-state index in [1.54, 1.807) is 28.5 Å². The van der Waals surface area contributed by atoms with Crippen LogP contribution in [0.3, 0.4) is 0 Å². The van der Waals surface area contributed by atoms with Crippen LogP contribution in [0.5, 0.6) is 0 Å². The molecule has 3 heterocycles. The second-order valence-corrected chi connectivity index (χ2v) is 9.09. The Labute approximate surface area is 179 Å². The Hall–Kier alpha value is -2.58. The lowest BCUT2D eigenvalue weighted by Crippen LogP contribution is -2.36. The molecule has 0 radical (unpaired) electrons. The van der Waals surface area contributed by atoms with Crippen molar-refractivity contribution in [2.75, 3.05) is 13.2 Å². The molecule has 0 bridgehead atoms. The van der Waals surface area contributed by atoms with Crippen LogP contribution in [-0.2, 0) is 4.79 Å². The minimum Gasteiger partial charge on any atom is -0.395 e. The average Bonchev–Trinajstić information content (AvgIpc) is 3.47. The molecular weight excluding hydrogens is 400 g/mol. The van der Waals surface area contributed by atoms with Crippen molar-refractivity contribution >= 4 is 22.8 Å². The zero-order valence-corrected chi connectivity index (χ0v) is 18.3. The lowest BCUT2D eigenvalue weighted by molar-refractivity contribution is -0.129. The number of thiazole rings is 1. The summed E-state index contributed by atoms with van der Waals surface area (Å²) in [4.78, 5) is 24.1. The van der Waals surface area contributed by atoms with Crippen molar-refractivity contribution in [2.24, 2.45) is 5.92 Å². The van der Waals surface area contributed by atoms with Gasteiger partial charge in [-0.25, -0.2) is 4.98 Å². The third-order valence-electron chi connectivity index (χ3n) is 5.75. The summed E-state index contributed by atoms with van der Waals surface area (Å²) in [5, 5.41) is 14.6. The quantitative estimate of drug-likeness (QED) is 0.755. The summed E-state index contributed by atoms with van der Waals surface area (Å²) in [5.74, 6) is 1.66. The van der Waals surface area contributed by atoms with Gasteiger partial charge in [0.05, 0.1) is 23.9 Å². The van der Waals surface area contributed by atoms with E-state index < -0.39 is 0 Å². The van der Waals surface area contributed by atoms with Crippen molar-refractivity contribution in [3.8, 4) is 10.8 Å². The third kappa shape index (κ3) is 3.54. The number of β-amino-alcohol motifs (C(OH)–C–C–N with tert-alkyl or cyclic N) is 1. The molecule has 1 aliphatic heterocycles. The van der Waals surface area contributed by atoms with E-state index in [0.717, 1.165) is 33.0 Å². The molecule has 4 rings (SSSR count). The Morgan fingerprint density at radius 2 is 2.27 bits per heavy atom. The normalized spacial score (nSPS) is 24.2. The molecule has 2 unspecified atom stereocenters. The average molecular weight is 427 g/mol. The largest absolute Gasteiger partial charge is 0.395 e. The van der Waals surface area contributed by atoms with Crippen LogP contribution in [0.2, 0.25) is 0 Å². The summed E-state index contributed by atoms with van der Waals surface area (Å²) in [6.45, 7) is 10.3. The van der Waals surface area contributed by atoms with Crippen molar-refractivity contribution < 1.29 is 14.4 Å². The minimum absolute atomic E-state index is 0.0333. The van der Waals surface area contributed by atoms with E-state index in [1.165, 1.54) is 0 Å². The van der Waals surface area contributed by atoms with E-state index in [9.17, 15) is 9.90 Å². The Morgan fingerprint density at radius 1 is 1.47 bits per heavy atom. The number of hydrogen-bond donors (Lipinski definition) is 1. The number of allylic oxidation sites excluding steroid dienone is 3. The summed E-state index contributed by atoms with van der Waals surface area (Å²) in [5.41, 5.74) is 3.12. The summed E-state index contributed by atoms with van der Waals surface area (Å²) in [7, 11) is 0. The highest BCUT2D eigenvalue weighted by atomic mass is 32.1. The molecule has 1 N–H and O–H groups in total. The zero-order valence-electron chi connectivity index (χ0n) is 17.5. The molecule has 1 amide bonds. The molecular formula is C22H26N4O3S. The molecule has 2 fully saturated rings. The van der Waals surface area contributed by atoms with Crippen LogP contribution < -0.4 is 0 Å². The third-order valence-corrected chi connectivity index (χ3v) is 7.04. The lowest BCUT2D eigenvalue weighted by atomic mass is 10.0. The van der Waals surface area contributed by atoms with Crippen molar-refractivity contribution in [3.63, 3.8) is 0 Å². The van der Waals surface area contributed by atoms with Gasteiger partial charge in [-0.3, -0.25) is 4.79 Å². The highest BCUT2D eigenvalue weighted by molar-refractivity contribution is 7.15. The maximum atomic E-state index is 12.4. The highest BCUT2D eigenvalue weighted by Crippen LogP contribution is 2.47. The Kier molecular flexibility index (Phi) is 5.71. The predicted molar refractivity (Wildman–Crippen MR) is 116 cm³/mol. The van der Waals surface area contributed by atoms with Gasteiger partial charge in [0, 0.05) is 24.5 Å². The van der Waals surface area contributed by atoms with Gasteiger partial charge in [-0.05, 0) is 30.4 Å². The number of hydrogen-bond acceptors (Lipinski definition) is 7. The Balaban J connectivity index is 1.67. The van der Waals surface area contributed by atoms with Crippen LogP contribution in [-0.4, -0.2) is 50.2 Å². The van der Waals surface area contributed by atoms with E-state index in [1.807, 2.05) is 13.0 Å². The number of nitrogens with zero attached hydrogens (tertiary/aromatic N) is 4. The number of carbonyl (C=O) groups excluding carboxylic acids is 1. The summed E-state index contributed by atoms with van der Waals surface area (Å²) >= 11 is 1.56. The summed E-state index contributed by atoms with van der Waals surface area (Å²) in [6.07, 6.45) is 6.75. The van der Waals surface area contributed by atoms with Gasteiger partial charge in [0.1, 0.15) is 4.88 Å². The number of carbonyl (C=O) groups is 1. The van der Waals surface area contributed by atoms with E-state index in [2.05, 4.69) is 35.6 Å². The molecule has 2 atom stereocenters. The van der Waals surface area contributed by atoms with Gasteiger partial charge in [-0.15, -0.1) is 11.3 Å². The van der Waals surface area contributed by atoms with Gasteiger partial charge in [0.15, 0.2) is 5.82 Å². The van der Waals surface area contributed by atoms with Crippen LogP contribution in [0.1, 0.15) is 50.4 Å². The van der Waals surface area contributed by atoms with Crippen LogP contribution in [0.4, 0.5) is 0 Å². The van der Waals surface area contributed by atoms with Crippen molar-refractivity contribution in [3.05, 3.63) is 46.9 Å². The van der Waals surface area contributed by atoms with E-state index in [4.69, 9.17) is 4.52 Å². The predicted octanol–water partition coefficient (Wildman–Crippen LogP) is 3.82. The van der Waals surface area contributed by atoms with E-state index in [-0.39, 0.29) is 24.5 Å². The fourth-order valence-electron chi connectivity index (χ4n) is 4.36. The van der Waals surface area contributed by atoms with Gasteiger partial charge in [0.2, 0.25) is 5.91 Å². The molecule has 8 heteroatoms. The number of amides is 1. The van der Waals surface area contributed by atoms with Crippen LogP contribution >= 0.6 is 11.3 Å². The first-order chi connectivity index (χ1) is 14.4. The fraction of sp³-hybridized carbons (Fsp3) is 0.455. The number of likely N-dealkylation sites (tertiary alicyclic amines) is 1. The molecule has 2 aromatic heterocycles. The maximum Gasteiger partial charge on any atom is 0.269 e. The first-order valence-corrected chi connectivity index (χ1v) is 11.0. The van der Waals surface area contributed by atoms with Crippen molar-refractivity contribution in [1.29, 1.82) is 0 Å². The highest BCUT2D eigenvalue weighted by Gasteiger charge is 2.47. The van der Waals surface area contributed by atoms with Crippen LogP contribution in [0.15, 0.2) is 40.6 Å². The molecule has 1 saturated heterocycles. The smallest absolute Gasteiger partial charge is 0.269 e. The molecule has 30 heavy (non-hydrogen) atoms. The van der Waals surface area contributed by atoms with Gasteiger partial charge in [-0.1, -0.05) is 37.7 Å². The van der Waals surface area contributed by atoms with Gasteiger partial charge in [0.25, 0.3) is 5.89 Å². The summed E-state index contributed by atoms with van der Waals surface area (Å²) in [6, 6.07) is -0.0333. The molecule has 1 saturated carbocycles. The standard InChI is InChI=1S/C22H26N4O3S/c1-5-6-15-16(9-14-10-18(28)26(7-8-27)19(14)15)13(4)20-24-21(29-25-20)17-11-23-22(30-17)12(2)3/h5-6,11-12,14,19,27H,1,7-10H2,2-4H3/b15-6?,16-13+. The fourth-order valence-corrected chi connectivity index (χ4v) is 5.20. The molecule has 7 nitrogen and oxygen atoms in total. The second kappa shape index (κ2) is 8.28. The maximum absolute atomic E-state index is 12.4. The van der Waals surface area contributed by atoms with Gasteiger partial charge in [-0.2, -0.15) is 4.98 Å². The molecule has 1 aliphatic carbocycles. The van der Waals surface area contributed by atoms with Crippen LogP contribution in [0, 0.1) is 5.92 Å².